The molecule has 1 unspecified atom stereocenters. The van der Waals surface area contributed by atoms with Crippen molar-refractivity contribution < 1.29 is 13.2 Å². The maximum Gasteiger partial charge on any atom is 0.211 e. The third kappa shape index (κ3) is 8.89. The Morgan fingerprint density at radius 2 is 2.05 bits per heavy atom. The third-order valence-corrected chi connectivity index (χ3v) is 4.99. The summed E-state index contributed by atoms with van der Waals surface area (Å²) in [4.78, 5) is 0. The first-order valence-electron chi connectivity index (χ1n) is 7.92. The number of hydrogen-bond acceptors (Lipinski definition) is 4. The summed E-state index contributed by atoms with van der Waals surface area (Å²) in [6.07, 6.45) is 7.16. The largest absolute Gasteiger partial charge is 0.381 e. The molecule has 1 heterocycles. The molecular formula is C14H30N2O3S. The van der Waals surface area contributed by atoms with E-state index in [0.717, 1.165) is 38.8 Å². The van der Waals surface area contributed by atoms with E-state index in [0.29, 0.717) is 25.6 Å². The monoisotopic (exact) mass is 306 g/mol. The number of piperidine rings is 1. The van der Waals surface area contributed by atoms with Gasteiger partial charge < -0.3 is 10.1 Å². The Morgan fingerprint density at radius 3 is 2.75 bits per heavy atom. The quantitative estimate of drug-likeness (QED) is 0.570. The molecule has 1 atom stereocenters. The highest BCUT2D eigenvalue weighted by molar-refractivity contribution is 7.89. The predicted molar refractivity (Wildman–Crippen MR) is 82.4 cm³/mol. The van der Waals surface area contributed by atoms with Crippen molar-refractivity contribution in [2.24, 2.45) is 0 Å². The van der Waals surface area contributed by atoms with Crippen molar-refractivity contribution in [2.75, 3.05) is 32.1 Å². The molecule has 0 aromatic carbocycles. The summed E-state index contributed by atoms with van der Waals surface area (Å²) in [6.45, 7) is 5.03. The summed E-state index contributed by atoms with van der Waals surface area (Å²) in [5.41, 5.74) is 0. The Bertz CT molecular complexity index is 327. The Balaban J connectivity index is 2.02. The van der Waals surface area contributed by atoms with Crippen LogP contribution in [0, 0.1) is 0 Å². The molecule has 6 heteroatoms. The molecule has 0 bridgehead atoms. The fraction of sp³-hybridized carbons (Fsp3) is 1.00. The molecule has 5 nitrogen and oxygen atoms in total. The zero-order chi connectivity index (χ0) is 14.7. The molecule has 0 radical (unpaired) electrons. The second-order valence-electron chi connectivity index (χ2n) is 5.47. The van der Waals surface area contributed by atoms with Crippen molar-refractivity contribution in [1.82, 2.24) is 10.0 Å². The minimum absolute atomic E-state index is 0.224. The summed E-state index contributed by atoms with van der Waals surface area (Å²) in [5, 5.41) is 3.38. The zero-order valence-corrected chi connectivity index (χ0v) is 13.5. The van der Waals surface area contributed by atoms with Crippen LogP contribution in [-0.4, -0.2) is 46.5 Å². The number of hydrogen-bond donors (Lipinski definition) is 2. The van der Waals surface area contributed by atoms with E-state index < -0.39 is 10.0 Å². The second kappa shape index (κ2) is 10.5. The first-order valence-corrected chi connectivity index (χ1v) is 9.58. The van der Waals surface area contributed by atoms with E-state index >= 15 is 0 Å². The number of unbranched alkanes of at least 4 members (excludes halogenated alkanes) is 1. The van der Waals surface area contributed by atoms with Gasteiger partial charge in [-0.25, -0.2) is 13.1 Å². The van der Waals surface area contributed by atoms with E-state index in [-0.39, 0.29) is 5.75 Å². The van der Waals surface area contributed by atoms with Crippen LogP contribution in [0.25, 0.3) is 0 Å². The highest BCUT2D eigenvalue weighted by atomic mass is 32.2. The maximum atomic E-state index is 11.8. The van der Waals surface area contributed by atoms with Crippen molar-refractivity contribution in [3.63, 3.8) is 0 Å². The molecular weight excluding hydrogens is 276 g/mol. The fourth-order valence-corrected chi connectivity index (χ4v) is 3.48. The standard InChI is InChI=1S/C14H30N2O3S/c1-2-3-11-19-12-6-10-16-20(17,18)13-8-14-7-4-5-9-15-14/h14-16H,2-13H2,1H3. The fourth-order valence-electron chi connectivity index (χ4n) is 2.29. The number of nitrogens with one attached hydrogen (secondary N) is 2. The molecule has 20 heavy (non-hydrogen) atoms. The van der Waals surface area contributed by atoms with Crippen LogP contribution in [0.5, 0.6) is 0 Å². The van der Waals surface area contributed by atoms with Gasteiger partial charge in [0.2, 0.25) is 10.0 Å². The van der Waals surface area contributed by atoms with E-state index in [4.69, 9.17) is 4.74 Å². The first kappa shape index (κ1) is 17.9. The van der Waals surface area contributed by atoms with Gasteiger partial charge in [-0.15, -0.1) is 0 Å². The van der Waals surface area contributed by atoms with Gasteiger partial charge >= 0.3 is 0 Å². The lowest BCUT2D eigenvalue weighted by Crippen LogP contribution is -2.37. The van der Waals surface area contributed by atoms with Crippen molar-refractivity contribution in [3.8, 4) is 0 Å². The maximum absolute atomic E-state index is 11.8. The molecule has 0 aliphatic carbocycles. The van der Waals surface area contributed by atoms with Crippen LogP contribution in [0.1, 0.15) is 51.9 Å². The van der Waals surface area contributed by atoms with Crippen molar-refractivity contribution >= 4 is 10.0 Å². The lowest BCUT2D eigenvalue weighted by Gasteiger charge is -2.23. The van der Waals surface area contributed by atoms with Gasteiger partial charge in [-0.1, -0.05) is 19.8 Å². The van der Waals surface area contributed by atoms with Crippen LogP contribution < -0.4 is 10.0 Å². The average Bonchev–Trinajstić information content (AvgIpc) is 2.45. The highest BCUT2D eigenvalue weighted by Gasteiger charge is 2.16. The van der Waals surface area contributed by atoms with Crippen molar-refractivity contribution in [2.45, 2.75) is 57.9 Å². The van der Waals surface area contributed by atoms with E-state index in [2.05, 4.69) is 17.0 Å². The van der Waals surface area contributed by atoms with Gasteiger partial charge in [0.15, 0.2) is 0 Å². The molecule has 1 aliphatic heterocycles. The van der Waals surface area contributed by atoms with E-state index in [1.165, 1.54) is 12.8 Å². The predicted octanol–water partition coefficient (Wildman–Crippen LogP) is 1.64. The average molecular weight is 306 g/mol. The summed E-state index contributed by atoms with van der Waals surface area (Å²) in [6, 6.07) is 0.373. The first-order chi connectivity index (χ1) is 9.64. The Labute approximate surface area is 123 Å². The summed E-state index contributed by atoms with van der Waals surface area (Å²) in [7, 11) is -3.12. The summed E-state index contributed by atoms with van der Waals surface area (Å²) in [5.74, 6) is 0.224. The second-order valence-corrected chi connectivity index (χ2v) is 7.39. The summed E-state index contributed by atoms with van der Waals surface area (Å²) < 4.78 is 31.7. The van der Waals surface area contributed by atoms with Crippen molar-refractivity contribution in [1.29, 1.82) is 0 Å². The molecule has 0 aromatic rings. The molecule has 0 spiro atoms. The lowest BCUT2D eigenvalue weighted by atomic mass is 10.0. The molecule has 0 saturated carbocycles. The van der Waals surface area contributed by atoms with Crippen LogP contribution in [0.4, 0.5) is 0 Å². The molecule has 120 valence electrons. The molecule has 0 amide bonds. The number of ether oxygens (including phenoxy) is 1. The van der Waals surface area contributed by atoms with Gasteiger partial charge in [0.05, 0.1) is 5.75 Å². The minimum atomic E-state index is -3.12. The van der Waals surface area contributed by atoms with Gasteiger partial charge in [-0.2, -0.15) is 0 Å². The third-order valence-electron chi connectivity index (χ3n) is 3.58. The lowest BCUT2D eigenvalue weighted by molar-refractivity contribution is 0.130. The van der Waals surface area contributed by atoms with Gasteiger partial charge in [-0.05, 0) is 38.6 Å². The topological polar surface area (TPSA) is 67.4 Å². The van der Waals surface area contributed by atoms with E-state index in [1.54, 1.807) is 0 Å². The Kier molecular flexibility index (Phi) is 9.42. The van der Waals surface area contributed by atoms with Gasteiger partial charge in [0.25, 0.3) is 0 Å². The Hall–Kier alpha value is -0.170. The van der Waals surface area contributed by atoms with Crippen LogP contribution >= 0.6 is 0 Å². The molecule has 1 aliphatic rings. The molecule has 1 saturated heterocycles. The Morgan fingerprint density at radius 1 is 1.25 bits per heavy atom. The highest BCUT2D eigenvalue weighted by Crippen LogP contribution is 2.10. The normalized spacial score (nSPS) is 20.1. The van der Waals surface area contributed by atoms with Gasteiger partial charge in [0.1, 0.15) is 0 Å². The van der Waals surface area contributed by atoms with Crippen molar-refractivity contribution in [3.05, 3.63) is 0 Å². The van der Waals surface area contributed by atoms with Crippen LogP contribution in [0.2, 0.25) is 0 Å². The number of sulfonamides is 1. The van der Waals surface area contributed by atoms with Crippen LogP contribution in [-0.2, 0) is 14.8 Å². The van der Waals surface area contributed by atoms with Gasteiger partial charge in [0, 0.05) is 25.8 Å². The summed E-state index contributed by atoms with van der Waals surface area (Å²) >= 11 is 0. The smallest absolute Gasteiger partial charge is 0.211 e. The number of rotatable bonds is 11. The zero-order valence-electron chi connectivity index (χ0n) is 12.7. The van der Waals surface area contributed by atoms with Gasteiger partial charge in [-0.3, -0.25) is 0 Å². The van der Waals surface area contributed by atoms with E-state index in [9.17, 15) is 8.42 Å². The van der Waals surface area contributed by atoms with Crippen LogP contribution in [0.15, 0.2) is 0 Å². The molecule has 1 fully saturated rings. The van der Waals surface area contributed by atoms with E-state index in [1.807, 2.05) is 0 Å². The SMILES string of the molecule is CCCCOCCCNS(=O)(=O)CCC1CCCCN1. The van der Waals surface area contributed by atoms with Crippen LogP contribution in [0.3, 0.4) is 0 Å². The molecule has 0 aromatic heterocycles. The molecule has 1 rings (SSSR count). The molecule has 2 N–H and O–H groups in total. The minimum Gasteiger partial charge on any atom is -0.381 e.